The van der Waals surface area contributed by atoms with E-state index in [1.165, 1.54) is 61.0 Å². The van der Waals surface area contributed by atoms with Crippen LogP contribution in [0.1, 0.15) is 37.4 Å². The third-order valence-corrected chi connectivity index (χ3v) is 4.73. The lowest BCUT2D eigenvalue weighted by molar-refractivity contribution is -0.385. The number of hydrogen-bond acceptors (Lipinski definition) is 9. The molecule has 0 saturated carbocycles. The molecule has 0 radical (unpaired) electrons. The van der Waals surface area contributed by atoms with Crippen molar-refractivity contribution in [2.45, 2.75) is 6.92 Å². The predicted octanol–water partition coefficient (Wildman–Crippen LogP) is 3.04. The highest BCUT2D eigenvalue weighted by Gasteiger charge is 2.11. The number of nitro groups is 2. The van der Waals surface area contributed by atoms with Gasteiger partial charge >= 0.3 is 0 Å². The van der Waals surface area contributed by atoms with Gasteiger partial charge in [-0.15, -0.1) is 0 Å². The van der Waals surface area contributed by atoms with Crippen molar-refractivity contribution in [1.29, 1.82) is 0 Å². The van der Waals surface area contributed by atoms with Crippen LogP contribution < -0.4 is 10.9 Å². The lowest BCUT2D eigenvalue weighted by Crippen LogP contribution is -2.17. The summed E-state index contributed by atoms with van der Waals surface area (Å²) in [5.74, 6) is -1.43. The van der Waals surface area contributed by atoms with E-state index in [0.29, 0.717) is 0 Å². The first-order chi connectivity index (χ1) is 17.2. The van der Waals surface area contributed by atoms with Crippen molar-refractivity contribution in [2.24, 2.45) is 10.2 Å². The van der Waals surface area contributed by atoms with Crippen LogP contribution in [-0.4, -0.2) is 39.2 Å². The Labute approximate surface area is 203 Å². The Morgan fingerprint density at radius 3 is 1.47 bits per heavy atom. The minimum absolute atomic E-state index is 0.155. The molecule has 3 rings (SSSR count). The van der Waals surface area contributed by atoms with Crippen molar-refractivity contribution in [3.8, 4) is 5.75 Å². The summed E-state index contributed by atoms with van der Waals surface area (Å²) in [5, 5.41) is 39.5. The molecule has 0 fully saturated rings. The number of hydrogen-bond donors (Lipinski definition) is 3. The summed E-state index contributed by atoms with van der Waals surface area (Å²) in [6.07, 6.45) is 2.41. The molecule has 3 aromatic rings. The van der Waals surface area contributed by atoms with E-state index >= 15 is 0 Å². The molecule has 0 unspecified atom stereocenters. The number of nitrogens with one attached hydrogen (secondary N) is 2. The van der Waals surface area contributed by atoms with Crippen LogP contribution in [0.25, 0.3) is 0 Å². The van der Waals surface area contributed by atoms with E-state index in [1.807, 2.05) is 0 Å². The maximum Gasteiger partial charge on any atom is 0.271 e. The highest BCUT2D eigenvalue weighted by molar-refractivity contribution is 5.97. The lowest BCUT2D eigenvalue weighted by atomic mass is 10.1. The number of amides is 2. The Kier molecular flexibility index (Phi) is 7.77. The molecule has 0 atom stereocenters. The van der Waals surface area contributed by atoms with Gasteiger partial charge in [0.05, 0.1) is 22.3 Å². The zero-order chi connectivity index (χ0) is 26.2. The summed E-state index contributed by atoms with van der Waals surface area (Å²) in [5.41, 5.74) is 5.76. The van der Waals surface area contributed by atoms with Gasteiger partial charge in [0.15, 0.2) is 0 Å². The zero-order valence-corrected chi connectivity index (χ0v) is 18.6. The first kappa shape index (κ1) is 25.2. The van der Waals surface area contributed by atoms with E-state index in [4.69, 9.17) is 0 Å². The molecule has 0 heterocycles. The molecular formula is C23H18N6O7. The van der Waals surface area contributed by atoms with Crippen LogP contribution in [0.3, 0.4) is 0 Å². The fraction of sp³-hybridized carbons (Fsp3) is 0.0435. The van der Waals surface area contributed by atoms with E-state index in [2.05, 4.69) is 21.1 Å². The number of carbonyl (C=O) groups excluding carboxylic acids is 2. The molecule has 0 aromatic heterocycles. The van der Waals surface area contributed by atoms with Gasteiger partial charge in [0.1, 0.15) is 5.75 Å². The fourth-order valence-corrected chi connectivity index (χ4v) is 2.95. The highest BCUT2D eigenvalue weighted by Crippen LogP contribution is 2.22. The zero-order valence-electron chi connectivity index (χ0n) is 18.6. The Hall–Kier alpha value is -5.46. The molecule has 36 heavy (non-hydrogen) atoms. The summed E-state index contributed by atoms with van der Waals surface area (Å²) < 4.78 is 0. The number of phenolic OH excluding ortho intramolecular Hbond substituents is 1. The second kappa shape index (κ2) is 11.1. The number of benzene rings is 3. The third-order valence-electron chi connectivity index (χ3n) is 4.73. The normalized spacial score (nSPS) is 10.9. The number of aromatic hydroxyl groups is 1. The first-order valence-corrected chi connectivity index (χ1v) is 10.1. The van der Waals surface area contributed by atoms with Crippen LogP contribution in [0.15, 0.2) is 70.9 Å². The van der Waals surface area contributed by atoms with Crippen LogP contribution >= 0.6 is 0 Å². The minimum Gasteiger partial charge on any atom is -0.507 e. The Morgan fingerprint density at radius 1 is 0.778 bits per heavy atom. The molecule has 0 bridgehead atoms. The number of carbonyl (C=O) groups is 2. The summed E-state index contributed by atoms with van der Waals surface area (Å²) in [7, 11) is 0. The lowest BCUT2D eigenvalue weighted by Gasteiger charge is -2.06. The largest absolute Gasteiger partial charge is 0.507 e. The maximum absolute atomic E-state index is 12.2. The monoisotopic (exact) mass is 490 g/mol. The Bertz CT molecular complexity index is 1280. The highest BCUT2D eigenvalue weighted by atomic mass is 16.6. The van der Waals surface area contributed by atoms with Gasteiger partial charge < -0.3 is 5.11 Å². The molecular weight excluding hydrogens is 472 g/mol. The molecule has 3 aromatic carbocycles. The summed E-state index contributed by atoms with van der Waals surface area (Å²) in [4.78, 5) is 44.6. The van der Waals surface area contributed by atoms with Crippen LogP contribution in [0.2, 0.25) is 0 Å². The SMILES string of the molecule is Cc1cc(C=NNC(=O)c2ccc([N+](=O)[O-])cc2)c(O)c(C=NNC(=O)c2ccc([N+](=O)[O-])cc2)c1. The van der Waals surface area contributed by atoms with Crippen molar-refractivity contribution in [1.82, 2.24) is 10.9 Å². The van der Waals surface area contributed by atoms with Crippen LogP contribution in [0, 0.1) is 27.2 Å². The van der Waals surface area contributed by atoms with Crippen molar-refractivity contribution in [3.63, 3.8) is 0 Å². The van der Waals surface area contributed by atoms with Crippen molar-refractivity contribution in [3.05, 3.63) is 109 Å². The number of phenols is 1. The first-order valence-electron chi connectivity index (χ1n) is 10.1. The van der Waals surface area contributed by atoms with E-state index in [9.17, 15) is 34.9 Å². The third kappa shape index (κ3) is 6.32. The Balaban J connectivity index is 1.66. The molecule has 3 N–H and O–H groups in total. The van der Waals surface area contributed by atoms with Crippen molar-refractivity contribution in [2.75, 3.05) is 0 Å². The topological polar surface area (TPSA) is 189 Å². The number of nitrogens with zero attached hydrogens (tertiary/aromatic N) is 4. The van der Waals surface area contributed by atoms with Gasteiger partial charge in [-0.2, -0.15) is 10.2 Å². The van der Waals surface area contributed by atoms with Crippen LogP contribution in [0.5, 0.6) is 5.75 Å². The summed E-state index contributed by atoms with van der Waals surface area (Å²) in [6, 6.07) is 13.1. The molecule has 13 heteroatoms. The Morgan fingerprint density at radius 2 is 1.14 bits per heavy atom. The average Bonchev–Trinajstić information content (AvgIpc) is 2.86. The maximum atomic E-state index is 12.2. The van der Waals surface area contributed by atoms with E-state index in [0.717, 1.165) is 5.56 Å². The molecule has 2 amide bonds. The molecule has 13 nitrogen and oxygen atoms in total. The van der Waals surface area contributed by atoms with Crippen LogP contribution in [0.4, 0.5) is 11.4 Å². The second-order valence-corrected chi connectivity index (χ2v) is 7.30. The molecule has 0 spiro atoms. The average molecular weight is 490 g/mol. The van der Waals surface area contributed by atoms with Gasteiger partial charge in [-0.1, -0.05) is 0 Å². The van der Waals surface area contributed by atoms with Gasteiger partial charge in [-0.05, 0) is 48.9 Å². The quantitative estimate of drug-likeness (QED) is 0.245. The molecule has 0 aliphatic rings. The van der Waals surface area contributed by atoms with Gasteiger partial charge in [-0.25, -0.2) is 10.9 Å². The fourth-order valence-electron chi connectivity index (χ4n) is 2.95. The number of rotatable bonds is 8. The van der Waals surface area contributed by atoms with Gasteiger partial charge in [0.2, 0.25) is 0 Å². The van der Waals surface area contributed by atoms with E-state index < -0.39 is 21.7 Å². The number of hydrazone groups is 2. The van der Waals surface area contributed by atoms with Gasteiger partial charge in [0.25, 0.3) is 23.2 Å². The summed E-state index contributed by atoms with van der Waals surface area (Å²) in [6.45, 7) is 1.75. The van der Waals surface area contributed by atoms with Crippen molar-refractivity contribution >= 4 is 35.6 Å². The van der Waals surface area contributed by atoms with E-state index in [1.54, 1.807) is 19.1 Å². The van der Waals surface area contributed by atoms with Crippen molar-refractivity contribution < 1.29 is 24.5 Å². The predicted molar refractivity (Wildman–Crippen MR) is 129 cm³/mol. The molecule has 0 aliphatic carbocycles. The number of nitro benzene ring substituents is 2. The molecule has 0 saturated heterocycles. The number of aryl methyl sites for hydroxylation is 1. The standard InChI is InChI=1S/C23H18N6O7/c1-14-10-17(12-24-26-22(31)15-2-6-19(7-3-15)28(33)34)21(30)18(11-14)13-25-27-23(32)16-4-8-20(9-5-16)29(35)36/h2-13,30H,1H3,(H,26,31)(H,27,32). The van der Waals surface area contributed by atoms with E-state index in [-0.39, 0.29) is 39.4 Å². The number of non-ortho nitro benzene ring substituents is 2. The second-order valence-electron chi connectivity index (χ2n) is 7.30. The molecule has 0 aliphatic heterocycles. The summed E-state index contributed by atoms with van der Waals surface area (Å²) >= 11 is 0. The smallest absolute Gasteiger partial charge is 0.271 e. The van der Waals surface area contributed by atoms with Gasteiger partial charge in [-0.3, -0.25) is 29.8 Å². The minimum atomic E-state index is -0.607. The van der Waals surface area contributed by atoms with Gasteiger partial charge in [0, 0.05) is 46.5 Å². The van der Waals surface area contributed by atoms with Crippen LogP contribution in [-0.2, 0) is 0 Å². The molecule has 182 valence electrons.